The second kappa shape index (κ2) is 11.2. The number of aromatic nitrogens is 1. The number of sulfonamides is 1. The van der Waals surface area contributed by atoms with Crippen LogP contribution in [0.5, 0.6) is 5.75 Å². The van der Waals surface area contributed by atoms with Gasteiger partial charge in [-0.25, -0.2) is 17.6 Å². The van der Waals surface area contributed by atoms with Crippen LogP contribution in [0.15, 0.2) is 47.4 Å². The molecule has 1 aliphatic heterocycles. The first-order valence-corrected chi connectivity index (χ1v) is 14.5. The highest BCUT2D eigenvalue weighted by Crippen LogP contribution is 2.38. The third kappa shape index (κ3) is 6.71. The van der Waals surface area contributed by atoms with Gasteiger partial charge in [-0.05, 0) is 52.4 Å². The zero-order valence-electron chi connectivity index (χ0n) is 23.0. The summed E-state index contributed by atoms with van der Waals surface area (Å²) in [5.74, 6) is 0.0352. The molecule has 40 heavy (non-hydrogen) atoms. The molecule has 1 amide bonds. The number of amides is 1. The smallest absolute Gasteiger partial charge is 0.410 e. The summed E-state index contributed by atoms with van der Waals surface area (Å²) in [4.78, 5) is 28.7. The third-order valence-electron chi connectivity index (χ3n) is 6.40. The fourth-order valence-electron chi connectivity index (χ4n) is 4.52. The number of cyclic esters (lactones) is 1. The normalized spacial score (nSPS) is 14.1. The number of halogens is 1. The Labute approximate surface area is 232 Å². The molecule has 2 aromatic carbocycles. The minimum Gasteiger partial charge on any atom is -0.496 e. The van der Waals surface area contributed by atoms with Gasteiger partial charge in [-0.1, -0.05) is 39.0 Å². The van der Waals surface area contributed by atoms with Gasteiger partial charge in [-0.3, -0.25) is 9.52 Å². The molecule has 9 nitrogen and oxygen atoms in total. The second-order valence-electron chi connectivity index (χ2n) is 10.6. The highest BCUT2D eigenvalue weighted by atomic mass is 32.2. The highest BCUT2D eigenvalue weighted by molar-refractivity contribution is 7.92. The first kappa shape index (κ1) is 28.9. The molecule has 0 unspecified atom stereocenters. The van der Waals surface area contributed by atoms with Gasteiger partial charge in [0.05, 0.1) is 19.9 Å². The molecule has 1 fully saturated rings. The van der Waals surface area contributed by atoms with E-state index in [-0.39, 0.29) is 24.1 Å². The largest absolute Gasteiger partial charge is 0.496 e. The van der Waals surface area contributed by atoms with Gasteiger partial charge in [0.2, 0.25) is 10.0 Å². The van der Waals surface area contributed by atoms with Gasteiger partial charge in [-0.2, -0.15) is 0 Å². The number of ether oxygens (including phenoxy) is 2. The van der Waals surface area contributed by atoms with Crippen LogP contribution in [0, 0.1) is 5.82 Å². The van der Waals surface area contributed by atoms with E-state index in [9.17, 15) is 22.4 Å². The maximum Gasteiger partial charge on any atom is 0.410 e. The fraction of sp³-hybridized carbons (Fsp3) is 0.310. The number of benzene rings is 2. The minimum atomic E-state index is -3.51. The standard InChI is InChI=1S/C29H32FN3O6S/c1-29(2,3)25-14-20(24-15-22(30)16-31-27(24)34)12-19(26(25)38-4)7-6-18-8-9-23(32-40(5,36)37)13-21(18)17-33-10-11-39-28(33)35/h6-9,12-16,32H,10-11,17H2,1-5H3,(H,31,34). The number of methoxy groups -OCH3 is 1. The Balaban J connectivity index is 1.84. The van der Waals surface area contributed by atoms with Crippen molar-refractivity contribution in [3.05, 3.63) is 81.0 Å². The Kier molecular flexibility index (Phi) is 8.06. The molecule has 2 N–H and O–H groups in total. The lowest BCUT2D eigenvalue weighted by atomic mass is 9.83. The number of carbonyl (C=O) groups excluding carboxylic acids is 1. The van der Waals surface area contributed by atoms with E-state index >= 15 is 0 Å². The molecule has 0 saturated carbocycles. The van der Waals surface area contributed by atoms with Gasteiger partial charge in [-0.15, -0.1) is 0 Å². The summed E-state index contributed by atoms with van der Waals surface area (Å²) in [6.45, 7) is 6.94. The molecule has 0 spiro atoms. The number of H-pyrrole nitrogens is 1. The Hall–Kier alpha value is -4.12. The molecule has 3 aromatic rings. The van der Waals surface area contributed by atoms with E-state index < -0.39 is 27.5 Å². The molecule has 1 aromatic heterocycles. The van der Waals surface area contributed by atoms with Crippen LogP contribution in [0.2, 0.25) is 0 Å². The predicted octanol–water partition coefficient (Wildman–Crippen LogP) is 4.98. The van der Waals surface area contributed by atoms with Crippen molar-refractivity contribution >= 4 is 34.0 Å². The van der Waals surface area contributed by atoms with Gasteiger partial charge in [0.1, 0.15) is 18.2 Å². The van der Waals surface area contributed by atoms with Crippen molar-refractivity contribution in [2.24, 2.45) is 0 Å². The highest BCUT2D eigenvalue weighted by Gasteiger charge is 2.24. The van der Waals surface area contributed by atoms with Gasteiger partial charge in [0.15, 0.2) is 0 Å². The molecule has 11 heteroatoms. The maximum atomic E-state index is 14.1. The number of nitrogens with zero attached hydrogens (tertiary/aromatic N) is 1. The molecule has 212 valence electrons. The number of hydrogen-bond acceptors (Lipinski definition) is 6. The zero-order chi connectivity index (χ0) is 29.2. The SMILES string of the molecule is COc1c(C=Cc2ccc(NS(C)(=O)=O)cc2CN2CCOC2=O)cc(-c2cc(F)c[nH]c2=O)cc1C(C)(C)C. The summed E-state index contributed by atoms with van der Waals surface area (Å²) in [6, 6.07) is 9.84. The van der Waals surface area contributed by atoms with E-state index in [1.807, 2.05) is 39.0 Å². The zero-order valence-corrected chi connectivity index (χ0v) is 23.8. The number of anilines is 1. The van der Waals surface area contributed by atoms with Gasteiger partial charge in [0.25, 0.3) is 5.56 Å². The molecule has 4 rings (SSSR count). The van der Waals surface area contributed by atoms with E-state index in [4.69, 9.17) is 9.47 Å². The molecule has 1 aliphatic rings. The Bertz CT molecular complexity index is 1640. The molecule has 0 aliphatic carbocycles. The molecule has 0 bridgehead atoms. The molecular formula is C29H32FN3O6S. The van der Waals surface area contributed by atoms with E-state index in [2.05, 4.69) is 9.71 Å². The van der Waals surface area contributed by atoms with E-state index in [1.54, 1.807) is 31.4 Å². The summed E-state index contributed by atoms with van der Waals surface area (Å²) in [6.07, 6.45) is 5.27. The van der Waals surface area contributed by atoms with Crippen molar-refractivity contribution < 1.29 is 27.1 Å². The summed E-state index contributed by atoms with van der Waals surface area (Å²) in [5.41, 5.74) is 3.18. The van der Waals surface area contributed by atoms with Crippen molar-refractivity contribution in [3.63, 3.8) is 0 Å². The summed E-state index contributed by atoms with van der Waals surface area (Å²) >= 11 is 0. The average molecular weight is 570 g/mol. The van der Waals surface area contributed by atoms with Gasteiger partial charge < -0.3 is 19.4 Å². The van der Waals surface area contributed by atoms with Crippen molar-refractivity contribution in [1.29, 1.82) is 0 Å². The van der Waals surface area contributed by atoms with Gasteiger partial charge >= 0.3 is 6.09 Å². The Morgan fingerprint density at radius 2 is 1.85 bits per heavy atom. The molecule has 0 radical (unpaired) electrons. The van der Waals surface area contributed by atoms with Crippen LogP contribution in [0.1, 0.15) is 43.0 Å². The lowest BCUT2D eigenvalue weighted by Gasteiger charge is -2.24. The number of hydrogen-bond donors (Lipinski definition) is 2. The van der Waals surface area contributed by atoms with Crippen LogP contribution >= 0.6 is 0 Å². The average Bonchev–Trinajstić information content (AvgIpc) is 3.27. The lowest BCUT2D eigenvalue weighted by molar-refractivity contribution is 0.157. The van der Waals surface area contributed by atoms with Crippen LogP contribution in [0.25, 0.3) is 23.3 Å². The quantitative estimate of drug-likeness (QED) is 0.370. The van der Waals surface area contributed by atoms with E-state index in [1.165, 1.54) is 11.0 Å². The Morgan fingerprint density at radius 3 is 2.48 bits per heavy atom. The summed E-state index contributed by atoms with van der Waals surface area (Å²) in [7, 11) is -1.95. The van der Waals surface area contributed by atoms with Crippen LogP contribution in [-0.4, -0.2) is 50.9 Å². The van der Waals surface area contributed by atoms with E-state index in [0.29, 0.717) is 34.7 Å². The summed E-state index contributed by atoms with van der Waals surface area (Å²) in [5, 5.41) is 0. The van der Waals surface area contributed by atoms with Crippen LogP contribution < -0.4 is 15.0 Å². The first-order chi connectivity index (χ1) is 18.7. The topological polar surface area (TPSA) is 118 Å². The number of aromatic amines is 1. The monoisotopic (exact) mass is 569 g/mol. The molecular weight excluding hydrogens is 537 g/mol. The number of pyridine rings is 1. The van der Waals surface area contributed by atoms with Crippen LogP contribution in [-0.2, 0) is 26.7 Å². The number of nitrogens with one attached hydrogen (secondary N) is 2. The third-order valence-corrected chi connectivity index (χ3v) is 7.01. The van der Waals surface area contributed by atoms with Gasteiger partial charge in [0, 0.05) is 35.1 Å². The molecule has 1 saturated heterocycles. The molecule has 2 heterocycles. The number of rotatable bonds is 8. The summed E-state index contributed by atoms with van der Waals surface area (Å²) < 4.78 is 51.0. The maximum absolute atomic E-state index is 14.1. The Morgan fingerprint density at radius 1 is 1.12 bits per heavy atom. The number of carbonyl (C=O) groups is 1. The molecule has 0 atom stereocenters. The van der Waals surface area contributed by atoms with Crippen molar-refractivity contribution in [2.45, 2.75) is 32.7 Å². The second-order valence-corrected chi connectivity index (χ2v) is 12.4. The van der Waals surface area contributed by atoms with Crippen molar-refractivity contribution in [1.82, 2.24) is 9.88 Å². The fourth-order valence-corrected chi connectivity index (χ4v) is 5.08. The van der Waals surface area contributed by atoms with Crippen LogP contribution in [0.3, 0.4) is 0 Å². The lowest BCUT2D eigenvalue weighted by Crippen LogP contribution is -2.24. The van der Waals surface area contributed by atoms with Crippen LogP contribution in [0.4, 0.5) is 14.9 Å². The van der Waals surface area contributed by atoms with E-state index in [0.717, 1.165) is 23.6 Å². The first-order valence-electron chi connectivity index (χ1n) is 12.6. The van der Waals surface area contributed by atoms with Crippen molar-refractivity contribution in [3.8, 4) is 16.9 Å². The van der Waals surface area contributed by atoms with Crippen molar-refractivity contribution in [2.75, 3.05) is 31.2 Å². The predicted molar refractivity (Wildman–Crippen MR) is 153 cm³/mol. The minimum absolute atomic E-state index is 0.187.